The van der Waals surface area contributed by atoms with Crippen LogP contribution in [0, 0.1) is 11.3 Å². The molecule has 0 atom stereocenters. The van der Waals surface area contributed by atoms with Crippen molar-refractivity contribution in [2.24, 2.45) is 0 Å². The molecule has 1 heterocycles. The number of hydrogen-bond donors (Lipinski definition) is 0. The van der Waals surface area contributed by atoms with Crippen molar-refractivity contribution < 1.29 is 4.42 Å². The van der Waals surface area contributed by atoms with Crippen LogP contribution in [0.1, 0.15) is 19.6 Å². The number of nitriles is 1. The molecule has 1 aromatic heterocycles. The van der Waals surface area contributed by atoms with E-state index in [9.17, 15) is 0 Å². The maximum absolute atomic E-state index is 8.73. The summed E-state index contributed by atoms with van der Waals surface area (Å²) >= 11 is 3.25. The van der Waals surface area contributed by atoms with E-state index in [1.807, 2.05) is 19.9 Å². The number of furan rings is 1. The van der Waals surface area contributed by atoms with Gasteiger partial charge in [-0.2, -0.15) is 5.26 Å². The van der Waals surface area contributed by atoms with E-state index in [-0.39, 0.29) is 0 Å². The standard InChI is InChI=1S/C8H8BrNO/c1-8(2,5-10)7-3-6(9)4-11-7/h3-4H,1-2H3. The molecule has 11 heavy (non-hydrogen) atoms. The molecule has 0 saturated carbocycles. The third-order valence-electron chi connectivity index (χ3n) is 1.46. The van der Waals surface area contributed by atoms with Crippen LogP contribution in [0.4, 0.5) is 0 Å². The summed E-state index contributed by atoms with van der Waals surface area (Å²) in [7, 11) is 0. The Labute approximate surface area is 73.9 Å². The van der Waals surface area contributed by atoms with E-state index in [0.29, 0.717) is 5.76 Å². The van der Waals surface area contributed by atoms with Crippen LogP contribution in [-0.2, 0) is 5.41 Å². The first kappa shape index (κ1) is 8.35. The van der Waals surface area contributed by atoms with Crippen LogP contribution < -0.4 is 0 Å². The van der Waals surface area contributed by atoms with Crippen molar-refractivity contribution >= 4 is 15.9 Å². The molecule has 2 nitrogen and oxygen atoms in total. The first-order valence-corrected chi connectivity index (χ1v) is 4.01. The predicted molar refractivity (Wildman–Crippen MR) is 45.0 cm³/mol. The van der Waals surface area contributed by atoms with Gasteiger partial charge in [-0.3, -0.25) is 0 Å². The topological polar surface area (TPSA) is 36.9 Å². The second-order valence-corrected chi connectivity index (χ2v) is 3.78. The van der Waals surface area contributed by atoms with Gasteiger partial charge in [0.2, 0.25) is 0 Å². The lowest BCUT2D eigenvalue weighted by Crippen LogP contribution is -2.11. The summed E-state index contributed by atoms with van der Waals surface area (Å²) in [5, 5.41) is 8.73. The van der Waals surface area contributed by atoms with Crippen molar-refractivity contribution in [1.29, 1.82) is 5.26 Å². The third kappa shape index (κ3) is 1.63. The normalized spacial score (nSPS) is 11.1. The van der Waals surface area contributed by atoms with Crippen LogP contribution in [0.5, 0.6) is 0 Å². The maximum Gasteiger partial charge on any atom is 0.124 e. The summed E-state index contributed by atoms with van der Waals surface area (Å²) in [4.78, 5) is 0. The van der Waals surface area contributed by atoms with Crippen molar-refractivity contribution in [1.82, 2.24) is 0 Å². The van der Waals surface area contributed by atoms with Gasteiger partial charge in [-0.25, -0.2) is 0 Å². The molecule has 0 fully saturated rings. The van der Waals surface area contributed by atoms with Crippen LogP contribution >= 0.6 is 15.9 Å². The fourth-order valence-corrected chi connectivity index (χ4v) is 0.997. The maximum atomic E-state index is 8.73. The highest BCUT2D eigenvalue weighted by molar-refractivity contribution is 9.10. The minimum absolute atomic E-state index is 0.536. The Morgan fingerprint density at radius 2 is 2.27 bits per heavy atom. The van der Waals surface area contributed by atoms with Crippen molar-refractivity contribution in [2.45, 2.75) is 19.3 Å². The van der Waals surface area contributed by atoms with Crippen LogP contribution in [0.25, 0.3) is 0 Å². The first-order valence-electron chi connectivity index (χ1n) is 3.22. The largest absolute Gasteiger partial charge is 0.466 e. The van der Waals surface area contributed by atoms with Gasteiger partial charge >= 0.3 is 0 Å². The smallest absolute Gasteiger partial charge is 0.124 e. The Hall–Kier alpha value is -0.750. The molecule has 0 amide bonds. The van der Waals surface area contributed by atoms with Gasteiger partial charge in [0.05, 0.1) is 10.5 Å². The summed E-state index contributed by atoms with van der Waals surface area (Å²) in [5.74, 6) is 0.687. The van der Waals surface area contributed by atoms with Crippen LogP contribution in [0.15, 0.2) is 21.2 Å². The lowest BCUT2D eigenvalue weighted by atomic mass is 9.93. The molecular weight excluding hydrogens is 206 g/mol. The minimum Gasteiger partial charge on any atom is -0.466 e. The summed E-state index contributed by atoms with van der Waals surface area (Å²) in [6.45, 7) is 3.64. The highest BCUT2D eigenvalue weighted by atomic mass is 79.9. The molecule has 0 aliphatic rings. The predicted octanol–water partition coefficient (Wildman–Crippen LogP) is 2.84. The number of rotatable bonds is 1. The Kier molecular flexibility index (Phi) is 2.05. The van der Waals surface area contributed by atoms with Crippen LogP contribution in [0.3, 0.4) is 0 Å². The Morgan fingerprint density at radius 1 is 1.64 bits per heavy atom. The van der Waals surface area contributed by atoms with Crippen molar-refractivity contribution in [3.05, 3.63) is 22.6 Å². The van der Waals surface area contributed by atoms with Gasteiger partial charge in [-0.15, -0.1) is 0 Å². The third-order valence-corrected chi connectivity index (χ3v) is 1.88. The van der Waals surface area contributed by atoms with Gasteiger partial charge in [0.15, 0.2) is 0 Å². The van der Waals surface area contributed by atoms with Crippen LogP contribution in [0.2, 0.25) is 0 Å². The zero-order valence-electron chi connectivity index (χ0n) is 6.39. The second-order valence-electron chi connectivity index (χ2n) is 2.87. The zero-order valence-corrected chi connectivity index (χ0v) is 7.97. The molecule has 0 saturated heterocycles. The summed E-state index contributed by atoms with van der Waals surface area (Å²) in [6, 6.07) is 3.97. The van der Waals surface area contributed by atoms with E-state index in [2.05, 4.69) is 22.0 Å². The second kappa shape index (κ2) is 2.71. The van der Waals surface area contributed by atoms with E-state index < -0.39 is 5.41 Å². The molecule has 0 aliphatic carbocycles. The summed E-state index contributed by atoms with van der Waals surface area (Å²) < 4.78 is 6.02. The summed E-state index contributed by atoms with van der Waals surface area (Å²) in [6.07, 6.45) is 1.58. The molecule has 0 radical (unpaired) electrons. The van der Waals surface area contributed by atoms with Gasteiger partial charge in [0.25, 0.3) is 0 Å². The van der Waals surface area contributed by atoms with E-state index in [1.54, 1.807) is 6.26 Å². The fraction of sp³-hybridized carbons (Fsp3) is 0.375. The molecule has 0 unspecified atom stereocenters. The van der Waals surface area contributed by atoms with Gasteiger partial charge < -0.3 is 4.42 Å². The lowest BCUT2D eigenvalue weighted by Gasteiger charge is -2.09. The van der Waals surface area contributed by atoms with Crippen molar-refractivity contribution in [3.63, 3.8) is 0 Å². The van der Waals surface area contributed by atoms with Crippen molar-refractivity contribution in [3.8, 4) is 6.07 Å². The van der Waals surface area contributed by atoms with E-state index in [4.69, 9.17) is 9.68 Å². The molecule has 1 aromatic rings. The molecule has 1 rings (SSSR count). The first-order chi connectivity index (χ1) is 5.06. The quantitative estimate of drug-likeness (QED) is 0.720. The SMILES string of the molecule is CC(C)(C#N)c1cc(Br)co1. The minimum atomic E-state index is -0.536. The average Bonchev–Trinajstić information content (AvgIpc) is 2.36. The van der Waals surface area contributed by atoms with E-state index in [1.165, 1.54) is 0 Å². The lowest BCUT2D eigenvalue weighted by molar-refractivity contribution is 0.443. The molecule has 0 aliphatic heterocycles. The van der Waals surface area contributed by atoms with Crippen LogP contribution in [-0.4, -0.2) is 0 Å². The molecule has 0 spiro atoms. The number of nitrogens with zero attached hydrogens (tertiary/aromatic N) is 1. The number of hydrogen-bond acceptors (Lipinski definition) is 2. The highest BCUT2D eigenvalue weighted by Gasteiger charge is 2.23. The molecule has 0 N–H and O–H groups in total. The fourth-order valence-electron chi connectivity index (χ4n) is 0.696. The molecular formula is C8H8BrNO. The Morgan fingerprint density at radius 3 is 2.64 bits per heavy atom. The Bertz CT molecular complexity index is 295. The molecule has 0 bridgehead atoms. The average molecular weight is 214 g/mol. The van der Waals surface area contributed by atoms with E-state index in [0.717, 1.165) is 4.47 Å². The highest BCUT2D eigenvalue weighted by Crippen LogP contribution is 2.26. The van der Waals surface area contributed by atoms with E-state index >= 15 is 0 Å². The van der Waals surface area contributed by atoms with Gasteiger partial charge in [0.1, 0.15) is 17.4 Å². The zero-order chi connectivity index (χ0) is 8.48. The number of halogens is 1. The van der Waals surface area contributed by atoms with Gasteiger partial charge in [-0.05, 0) is 35.8 Å². The summed E-state index contributed by atoms with van der Waals surface area (Å²) in [5.41, 5.74) is -0.536. The Balaban J connectivity index is 3.04. The molecule has 58 valence electrons. The molecule has 0 aromatic carbocycles. The van der Waals surface area contributed by atoms with Gasteiger partial charge in [0, 0.05) is 0 Å². The molecule has 3 heteroatoms. The monoisotopic (exact) mass is 213 g/mol. The van der Waals surface area contributed by atoms with Gasteiger partial charge in [-0.1, -0.05) is 0 Å². The van der Waals surface area contributed by atoms with Crippen molar-refractivity contribution in [2.75, 3.05) is 0 Å².